The number of hydrogen-bond acceptors (Lipinski definition) is 8. The number of carbonyl (C=O) groups excluding carboxylic acids is 2. The van der Waals surface area contributed by atoms with Crippen molar-refractivity contribution >= 4 is 23.2 Å². The fourth-order valence-corrected chi connectivity index (χ4v) is 4.26. The molecule has 184 valence electrons. The summed E-state index contributed by atoms with van der Waals surface area (Å²) in [4.78, 5) is 29.8. The second kappa shape index (κ2) is 9.56. The Labute approximate surface area is 211 Å². The van der Waals surface area contributed by atoms with Crippen LogP contribution in [0.2, 0.25) is 0 Å². The van der Waals surface area contributed by atoms with Gasteiger partial charge in [0.1, 0.15) is 36.0 Å². The molecule has 1 unspecified atom stereocenters. The fraction of sp³-hybridized carbons (Fsp3) is 0.148. The summed E-state index contributed by atoms with van der Waals surface area (Å²) in [6.07, 6.45) is 0.0535. The third-order valence-corrected chi connectivity index (χ3v) is 6.13. The van der Waals surface area contributed by atoms with Crippen LogP contribution >= 0.6 is 0 Å². The first-order valence-electron chi connectivity index (χ1n) is 11.3. The number of benzene rings is 2. The van der Waals surface area contributed by atoms with Gasteiger partial charge < -0.3 is 19.9 Å². The van der Waals surface area contributed by atoms with Gasteiger partial charge in [0.05, 0.1) is 5.56 Å². The van der Waals surface area contributed by atoms with Crippen LogP contribution in [0, 0.1) is 11.3 Å². The number of aromatic nitrogens is 3. The monoisotopic (exact) mass is 495 g/mol. The van der Waals surface area contributed by atoms with E-state index in [1.165, 1.54) is 10.8 Å². The first-order valence-corrected chi connectivity index (χ1v) is 11.3. The Morgan fingerprint density at radius 1 is 1.11 bits per heavy atom. The lowest BCUT2D eigenvalue weighted by molar-refractivity contribution is -0.0398. The summed E-state index contributed by atoms with van der Waals surface area (Å²) in [7, 11) is 0. The molecule has 2 aromatic carbocycles. The van der Waals surface area contributed by atoms with E-state index in [1.54, 1.807) is 79.7 Å². The van der Waals surface area contributed by atoms with Gasteiger partial charge in [-0.3, -0.25) is 4.79 Å². The van der Waals surface area contributed by atoms with E-state index in [0.29, 0.717) is 22.2 Å². The minimum atomic E-state index is -1.85. The first-order chi connectivity index (χ1) is 18.0. The van der Waals surface area contributed by atoms with Crippen LogP contribution in [0.15, 0.2) is 90.5 Å². The quantitative estimate of drug-likeness (QED) is 0.389. The SMILES string of the molecule is CC1=C(CO)O[C@@](C#N)(c2ccc3c(NC(=O)c4ccccc4)ncnn23)C1OC(=O)c1ccccc1. The van der Waals surface area contributed by atoms with E-state index in [4.69, 9.17) is 9.47 Å². The van der Waals surface area contributed by atoms with Crippen LogP contribution in [0.3, 0.4) is 0 Å². The van der Waals surface area contributed by atoms with E-state index in [-0.39, 0.29) is 23.2 Å². The van der Waals surface area contributed by atoms with Gasteiger partial charge in [-0.05, 0) is 43.3 Å². The molecule has 0 aliphatic carbocycles. The molecule has 4 aromatic rings. The standard InChI is InChI=1S/C27H21N5O5/c1-17-21(14-33)37-27(15-28,23(17)36-26(35)19-10-6-3-7-11-19)22-13-12-20-24(29-16-30-32(20)22)31-25(34)18-8-4-2-5-9-18/h2-13,16,23,33H,14H2,1H3,(H,29,30,31,34)/t23?,27-/m0/s1. The van der Waals surface area contributed by atoms with Gasteiger partial charge >= 0.3 is 5.97 Å². The molecule has 0 saturated heterocycles. The Hall–Kier alpha value is -5.01. The number of amides is 1. The van der Waals surface area contributed by atoms with Crippen molar-refractivity contribution in [2.45, 2.75) is 18.6 Å². The number of anilines is 1. The maximum Gasteiger partial charge on any atom is 0.338 e. The molecular weight excluding hydrogens is 474 g/mol. The number of esters is 1. The molecule has 2 atom stereocenters. The normalized spacial score (nSPS) is 18.8. The Morgan fingerprint density at radius 2 is 1.78 bits per heavy atom. The lowest BCUT2D eigenvalue weighted by Crippen LogP contribution is -2.41. The van der Waals surface area contributed by atoms with Crippen molar-refractivity contribution in [3.05, 3.63) is 107 Å². The molecule has 0 radical (unpaired) electrons. The van der Waals surface area contributed by atoms with Crippen LogP contribution < -0.4 is 5.32 Å². The highest BCUT2D eigenvalue weighted by molar-refractivity contribution is 6.05. The molecule has 1 aliphatic rings. The van der Waals surface area contributed by atoms with Crippen molar-refractivity contribution in [3.63, 3.8) is 0 Å². The summed E-state index contributed by atoms with van der Waals surface area (Å²) in [6, 6.07) is 22.4. The van der Waals surface area contributed by atoms with Crippen molar-refractivity contribution in [3.8, 4) is 6.07 Å². The summed E-state index contributed by atoms with van der Waals surface area (Å²) < 4.78 is 13.2. The van der Waals surface area contributed by atoms with E-state index < -0.39 is 24.3 Å². The summed E-state index contributed by atoms with van der Waals surface area (Å²) in [6.45, 7) is 1.13. The molecular formula is C27H21N5O5. The molecule has 0 saturated carbocycles. The third-order valence-electron chi connectivity index (χ3n) is 6.13. The van der Waals surface area contributed by atoms with E-state index in [0.717, 1.165) is 0 Å². The number of aliphatic hydroxyl groups excluding tert-OH is 1. The molecule has 3 heterocycles. The Bertz CT molecular complexity index is 1560. The zero-order chi connectivity index (χ0) is 26.0. The number of fused-ring (bicyclic) bond motifs is 1. The van der Waals surface area contributed by atoms with Crippen LogP contribution in [0.5, 0.6) is 0 Å². The van der Waals surface area contributed by atoms with Crippen molar-refractivity contribution in [1.82, 2.24) is 14.6 Å². The Balaban J connectivity index is 1.55. The highest BCUT2D eigenvalue weighted by Crippen LogP contribution is 2.44. The van der Waals surface area contributed by atoms with Crippen LogP contribution in [0.4, 0.5) is 5.82 Å². The molecule has 1 amide bonds. The summed E-state index contributed by atoms with van der Waals surface area (Å²) in [5, 5.41) is 27.3. The predicted octanol–water partition coefficient (Wildman–Crippen LogP) is 3.22. The minimum Gasteiger partial charge on any atom is -0.464 e. The number of carbonyl (C=O) groups is 2. The second-order valence-corrected chi connectivity index (χ2v) is 8.31. The van der Waals surface area contributed by atoms with Gasteiger partial charge in [0.15, 0.2) is 11.9 Å². The zero-order valence-electron chi connectivity index (χ0n) is 19.7. The molecule has 5 rings (SSSR count). The van der Waals surface area contributed by atoms with Crippen molar-refractivity contribution < 1.29 is 24.2 Å². The highest BCUT2D eigenvalue weighted by atomic mass is 16.6. The molecule has 0 spiro atoms. The van der Waals surface area contributed by atoms with E-state index in [9.17, 15) is 20.0 Å². The van der Waals surface area contributed by atoms with Crippen LogP contribution in [0.25, 0.3) is 5.52 Å². The largest absolute Gasteiger partial charge is 0.464 e. The van der Waals surface area contributed by atoms with Gasteiger partial charge in [0.2, 0.25) is 0 Å². The van der Waals surface area contributed by atoms with Crippen molar-refractivity contribution in [1.29, 1.82) is 5.26 Å². The zero-order valence-corrected chi connectivity index (χ0v) is 19.7. The molecule has 37 heavy (non-hydrogen) atoms. The molecule has 10 heteroatoms. The molecule has 0 fully saturated rings. The molecule has 0 bridgehead atoms. The average molecular weight is 495 g/mol. The number of nitrogens with zero attached hydrogens (tertiary/aromatic N) is 4. The Morgan fingerprint density at radius 3 is 2.43 bits per heavy atom. The molecule has 2 aromatic heterocycles. The number of aliphatic hydroxyl groups is 1. The predicted molar refractivity (Wildman–Crippen MR) is 131 cm³/mol. The van der Waals surface area contributed by atoms with E-state index >= 15 is 0 Å². The van der Waals surface area contributed by atoms with Crippen molar-refractivity contribution in [2.24, 2.45) is 0 Å². The Kier molecular flexibility index (Phi) is 6.13. The summed E-state index contributed by atoms with van der Waals surface area (Å²) in [5.74, 6) is -0.690. The van der Waals surface area contributed by atoms with Gasteiger partial charge in [0, 0.05) is 11.1 Å². The van der Waals surface area contributed by atoms with Crippen LogP contribution in [-0.4, -0.2) is 44.3 Å². The maximum absolute atomic E-state index is 12.9. The fourth-order valence-electron chi connectivity index (χ4n) is 4.26. The van der Waals surface area contributed by atoms with Crippen LogP contribution in [0.1, 0.15) is 33.3 Å². The number of nitriles is 1. The second-order valence-electron chi connectivity index (χ2n) is 8.31. The minimum absolute atomic E-state index is 0.119. The van der Waals surface area contributed by atoms with Crippen molar-refractivity contribution in [2.75, 3.05) is 11.9 Å². The highest BCUT2D eigenvalue weighted by Gasteiger charge is 2.55. The van der Waals surface area contributed by atoms with E-state index in [2.05, 4.69) is 21.5 Å². The van der Waals surface area contributed by atoms with E-state index in [1.807, 2.05) is 0 Å². The lowest BCUT2D eigenvalue weighted by atomic mass is 9.91. The van der Waals surface area contributed by atoms with Gasteiger partial charge in [-0.1, -0.05) is 36.4 Å². The topological polar surface area (TPSA) is 139 Å². The smallest absolute Gasteiger partial charge is 0.338 e. The van der Waals surface area contributed by atoms with Gasteiger partial charge in [0.25, 0.3) is 11.5 Å². The van der Waals surface area contributed by atoms with Gasteiger partial charge in [-0.25, -0.2) is 14.3 Å². The summed E-state index contributed by atoms with van der Waals surface area (Å²) in [5.41, 5.74) is -0.0881. The first kappa shape index (κ1) is 23.7. The molecule has 1 aliphatic heterocycles. The number of ether oxygens (including phenoxy) is 2. The molecule has 2 N–H and O–H groups in total. The molecule has 10 nitrogen and oxygen atoms in total. The number of nitrogens with one attached hydrogen (secondary N) is 1. The lowest BCUT2D eigenvalue weighted by Gasteiger charge is -2.28. The maximum atomic E-state index is 12.9. The summed E-state index contributed by atoms with van der Waals surface area (Å²) >= 11 is 0. The average Bonchev–Trinajstić information content (AvgIpc) is 3.50. The van der Waals surface area contributed by atoms with Gasteiger partial charge in [-0.2, -0.15) is 10.4 Å². The number of hydrogen-bond donors (Lipinski definition) is 2. The third kappa shape index (κ3) is 4.07. The van der Waals surface area contributed by atoms with Gasteiger partial charge in [-0.15, -0.1) is 0 Å². The number of rotatable bonds is 6. The van der Waals surface area contributed by atoms with Crippen LogP contribution in [-0.2, 0) is 15.1 Å².